The van der Waals surface area contributed by atoms with E-state index in [0.29, 0.717) is 5.69 Å². The molecule has 0 aliphatic heterocycles. The first-order chi connectivity index (χ1) is 14.2. The molecule has 3 aromatic carbocycles. The Balaban J connectivity index is 1.56. The van der Waals surface area contributed by atoms with E-state index in [-0.39, 0.29) is 29.9 Å². The van der Waals surface area contributed by atoms with Crippen LogP contribution in [0.2, 0.25) is 0 Å². The largest absolute Gasteiger partial charge is 0.491 e. The lowest BCUT2D eigenvalue weighted by Crippen LogP contribution is -2.28. The SMILES string of the molecule is Cc1cc(OC(C)C)ccc1NC(=O)CCNS(=O)(=O)c1ccc2ccccc2c1. The van der Waals surface area contributed by atoms with Gasteiger partial charge in [0.1, 0.15) is 5.75 Å². The minimum atomic E-state index is -3.69. The highest BCUT2D eigenvalue weighted by atomic mass is 32.2. The summed E-state index contributed by atoms with van der Waals surface area (Å²) in [6.45, 7) is 5.79. The molecule has 1 amide bonds. The second-order valence-electron chi connectivity index (χ2n) is 7.35. The summed E-state index contributed by atoms with van der Waals surface area (Å²) < 4.78 is 33.2. The van der Waals surface area contributed by atoms with E-state index in [1.54, 1.807) is 30.3 Å². The number of amides is 1. The third-order valence-corrected chi connectivity index (χ3v) is 5.98. The molecule has 0 spiro atoms. The van der Waals surface area contributed by atoms with Crippen LogP contribution in [0.15, 0.2) is 65.6 Å². The van der Waals surface area contributed by atoms with Crippen LogP contribution >= 0.6 is 0 Å². The molecule has 3 rings (SSSR count). The van der Waals surface area contributed by atoms with Gasteiger partial charge in [0, 0.05) is 18.7 Å². The molecule has 7 heteroatoms. The molecule has 0 unspecified atom stereocenters. The fourth-order valence-electron chi connectivity index (χ4n) is 3.05. The Kier molecular flexibility index (Phi) is 6.74. The first-order valence-electron chi connectivity index (χ1n) is 9.80. The van der Waals surface area contributed by atoms with Crippen LogP contribution in [0.4, 0.5) is 5.69 Å². The fourth-order valence-corrected chi connectivity index (χ4v) is 4.12. The Morgan fingerprint density at radius 1 is 1.00 bits per heavy atom. The molecule has 3 aromatic rings. The van der Waals surface area contributed by atoms with Gasteiger partial charge in [-0.2, -0.15) is 0 Å². The summed E-state index contributed by atoms with van der Waals surface area (Å²) >= 11 is 0. The van der Waals surface area contributed by atoms with Crippen LogP contribution in [0.3, 0.4) is 0 Å². The monoisotopic (exact) mass is 426 g/mol. The van der Waals surface area contributed by atoms with Gasteiger partial charge in [-0.25, -0.2) is 13.1 Å². The second-order valence-corrected chi connectivity index (χ2v) is 9.12. The first kappa shape index (κ1) is 21.8. The maximum atomic E-state index is 12.5. The number of fused-ring (bicyclic) bond motifs is 1. The Morgan fingerprint density at radius 2 is 1.73 bits per heavy atom. The van der Waals surface area contributed by atoms with Crippen molar-refractivity contribution in [2.45, 2.75) is 38.2 Å². The number of hydrogen-bond donors (Lipinski definition) is 2. The summed E-state index contributed by atoms with van der Waals surface area (Å²) in [6.07, 6.45) is 0.0942. The number of ether oxygens (including phenoxy) is 1. The molecule has 0 saturated carbocycles. The zero-order valence-electron chi connectivity index (χ0n) is 17.3. The van der Waals surface area contributed by atoms with Crippen LogP contribution in [0.25, 0.3) is 10.8 Å². The van der Waals surface area contributed by atoms with Crippen LogP contribution in [0.1, 0.15) is 25.8 Å². The second kappa shape index (κ2) is 9.28. The zero-order valence-corrected chi connectivity index (χ0v) is 18.1. The van der Waals surface area contributed by atoms with E-state index in [1.165, 1.54) is 0 Å². The lowest BCUT2D eigenvalue weighted by molar-refractivity contribution is -0.116. The summed E-state index contributed by atoms with van der Waals surface area (Å²) in [6, 6.07) is 17.9. The summed E-state index contributed by atoms with van der Waals surface area (Å²) in [7, 11) is -3.69. The molecule has 6 nitrogen and oxygen atoms in total. The number of carbonyl (C=O) groups excluding carboxylic acids is 1. The van der Waals surface area contributed by atoms with Gasteiger partial charge in [-0.3, -0.25) is 4.79 Å². The van der Waals surface area contributed by atoms with E-state index < -0.39 is 10.0 Å². The van der Waals surface area contributed by atoms with E-state index in [9.17, 15) is 13.2 Å². The molecule has 0 aliphatic carbocycles. The zero-order chi connectivity index (χ0) is 21.7. The topological polar surface area (TPSA) is 84.5 Å². The average Bonchev–Trinajstić information content (AvgIpc) is 2.69. The number of hydrogen-bond acceptors (Lipinski definition) is 4. The van der Waals surface area contributed by atoms with Crippen molar-refractivity contribution in [2.24, 2.45) is 0 Å². The minimum Gasteiger partial charge on any atom is -0.491 e. The molecule has 0 radical (unpaired) electrons. The summed E-state index contributed by atoms with van der Waals surface area (Å²) in [5.41, 5.74) is 1.55. The van der Waals surface area contributed by atoms with E-state index in [0.717, 1.165) is 22.1 Å². The third-order valence-electron chi connectivity index (χ3n) is 4.52. The summed E-state index contributed by atoms with van der Waals surface area (Å²) in [4.78, 5) is 12.4. The van der Waals surface area contributed by atoms with Crippen molar-refractivity contribution in [1.29, 1.82) is 0 Å². The number of rotatable bonds is 8. The van der Waals surface area contributed by atoms with Gasteiger partial charge in [0.2, 0.25) is 15.9 Å². The Labute approximate surface area is 177 Å². The van der Waals surface area contributed by atoms with Gasteiger partial charge >= 0.3 is 0 Å². The molecule has 2 N–H and O–H groups in total. The molecule has 0 aliphatic rings. The maximum Gasteiger partial charge on any atom is 0.240 e. The highest BCUT2D eigenvalue weighted by Gasteiger charge is 2.15. The predicted octanol–water partition coefficient (Wildman–Crippen LogP) is 4.24. The van der Waals surface area contributed by atoms with Crippen LogP contribution in [-0.4, -0.2) is 27.0 Å². The lowest BCUT2D eigenvalue weighted by Gasteiger charge is -2.13. The summed E-state index contributed by atoms with van der Waals surface area (Å²) in [5, 5.41) is 4.63. The van der Waals surface area contributed by atoms with Crippen LogP contribution in [0.5, 0.6) is 5.75 Å². The van der Waals surface area contributed by atoms with E-state index >= 15 is 0 Å². The lowest BCUT2D eigenvalue weighted by atomic mass is 10.1. The molecule has 0 bridgehead atoms. The normalized spacial score (nSPS) is 11.6. The van der Waals surface area contributed by atoms with Crippen molar-refractivity contribution < 1.29 is 17.9 Å². The molecular weight excluding hydrogens is 400 g/mol. The Bertz CT molecular complexity index is 1160. The minimum absolute atomic E-state index is 0.00852. The van der Waals surface area contributed by atoms with Crippen LogP contribution in [-0.2, 0) is 14.8 Å². The van der Waals surface area contributed by atoms with Crippen LogP contribution < -0.4 is 14.8 Å². The van der Waals surface area contributed by atoms with Gasteiger partial charge in [0.25, 0.3) is 0 Å². The number of benzene rings is 3. The molecule has 0 fully saturated rings. The van der Waals surface area contributed by atoms with Gasteiger partial charge in [0.15, 0.2) is 0 Å². The van der Waals surface area contributed by atoms with Crippen molar-refractivity contribution in [3.8, 4) is 5.75 Å². The summed E-state index contributed by atoms with van der Waals surface area (Å²) in [5.74, 6) is 0.473. The number of carbonyl (C=O) groups is 1. The van der Waals surface area contributed by atoms with Crippen LogP contribution in [0, 0.1) is 6.92 Å². The predicted molar refractivity (Wildman–Crippen MR) is 119 cm³/mol. The van der Waals surface area contributed by atoms with Crippen molar-refractivity contribution in [1.82, 2.24) is 4.72 Å². The van der Waals surface area contributed by atoms with Crippen molar-refractivity contribution in [3.05, 3.63) is 66.2 Å². The van der Waals surface area contributed by atoms with Gasteiger partial charge < -0.3 is 10.1 Å². The fraction of sp³-hybridized carbons (Fsp3) is 0.261. The van der Waals surface area contributed by atoms with Gasteiger partial charge in [-0.05, 0) is 67.4 Å². The molecular formula is C23H26N2O4S. The standard InChI is InChI=1S/C23H26N2O4S/c1-16(2)29-20-9-11-22(17(3)14-20)25-23(26)12-13-24-30(27,28)21-10-8-18-6-4-5-7-19(18)15-21/h4-11,14-16,24H,12-13H2,1-3H3,(H,25,26). The Hall–Kier alpha value is -2.90. The number of nitrogens with one attached hydrogen (secondary N) is 2. The van der Waals surface area contributed by atoms with E-state index in [1.807, 2.05) is 51.1 Å². The molecule has 0 aromatic heterocycles. The van der Waals surface area contributed by atoms with Crippen molar-refractivity contribution >= 4 is 32.4 Å². The molecule has 0 heterocycles. The Morgan fingerprint density at radius 3 is 2.43 bits per heavy atom. The number of anilines is 1. The number of sulfonamides is 1. The highest BCUT2D eigenvalue weighted by Crippen LogP contribution is 2.22. The van der Waals surface area contributed by atoms with E-state index in [4.69, 9.17) is 4.74 Å². The maximum absolute atomic E-state index is 12.5. The van der Waals surface area contributed by atoms with Crippen molar-refractivity contribution in [2.75, 3.05) is 11.9 Å². The molecule has 30 heavy (non-hydrogen) atoms. The van der Waals surface area contributed by atoms with Gasteiger partial charge in [-0.15, -0.1) is 0 Å². The molecule has 158 valence electrons. The van der Waals surface area contributed by atoms with Gasteiger partial charge in [-0.1, -0.05) is 30.3 Å². The first-order valence-corrected chi connectivity index (χ1v) is 11.3. The smallest absolute Gasteiger partial charge is 0.240 e. The van der Waals surface area contributed by atoms with Crippen molar-refractivity contribution in [3.63, 3.8) is 0 Å². The van der Waals surface area contributed by atoms with Gasteiger partial charge in [0.05, 0.1) is 11.0 Å². The average molecular weight is 427 g/mol. The third kappa shape index (κ3) is 5.58. The molecule has 0 atom stereocenters. The number of aryl methyl sites for hydroxylation is 1. The highest BCUT2D eigenvalue weighted by molar-refractivity contribution is 7.89. The van der Waals surface area contributed by atoms with E-state index in [2.05, 4.69) is 10.0 Å². The molecule has 0 saturated heterocycles. The quantitative estimate of drug-likeness (QED) is 0.564.